The first-order chi connectivity index (χ1) is 16.1. The quantitative estimate of drug-likeness (QED) is 0.497. The number of ether oxygens (including phenoxy) is 1. The van der Waals surface area contributed by atoms with Crippen LogP contribution < -0.4 is 10.6 Å². The van der Waals surface area contributed by atoms with Gasteiger partial charge in [0.05, 0.1) is 0 Å². The van der Waals surface area contributed by atoms with Gasteiger partial charge in [0.15, 0.2) is 0 Å². The van der Waals surface area contributed by atoms with Crippen molar-refractivity contribution in [2.45, 2.75) is 65.0 Å². The van der Waals surface area contributed by atoms with E-state index in [1.54, 1.807) is 0 Å². The van der Waals surface area contributed by atoms with E-state index in [2.05, 4.69) is 22.8 Å². The van der Waals surface area contributed by atoms with Crippen LogP contribution in [0.4, 0.5) is 4.79 Å². The zero-order valence-corrected chi connectivity index (χ0v) is 20.3. The number of unbranched alkanes of at least 4 members (excludes halogenated alkanes) is 1. The summed E-state index contributed by atoms with van der Waals surface area (Å²) in [7, 11) is 0. The highest BCUT2D eigenvalue weighted by atomic mass is 16.5. The zero-order chi connectivity index (χ0) is 24.9. The minimum atomic E-state index is -1.09. The Morgan fingerprint density at radius 3 is 2.03 bits per heavy atom. The molecule has 0 unspecified atom stereocenters. The Bertz CT molecular complexity index is 998. The first-order valence-electron chi connectivity index (χ1n) is 11.8. The molecule has 0 fully saturated rings. The topological polar surface area (TPSA) is 105 Å². The molecular formula is C27H34N2O5. The van der Waals surface area contributed by atoms with Gasteiger partial charge in [-0.3, -0.25) is 4.79 Å². The van der Waals surface area contributed by atoms with Gasteiger partial charge in [0, 0.05) is 5.92 Å². The first-order valence-corrected chi connectivity index (χ1v) is 11.8. The van der Waals surface area contributed by atoms with Gasteiger partial charge in [0.1, 0.15) is 18.7 Å². The van der Waals surface area contributed by atoms with E-state index in [1.807, 2.05) is 64.1 Å². The number of alkyl carbamates (subject to hydrolysis) is 1. The minimum Gasteiger partial charge on any atom is -0.480 e. The molecule has 3 rings (SSSR count). The Hall–Kier alpha value is -3.35. The summed E-state index contributed by atoms with van der Waals surface area (Å²) in [6, 6.07) is 14.2. The standard InChI is InChI=1S/C27H34N2O5/c1-5-6-15-22(25(31)32)28-24(30)23(27(2,3)4)29-26(33)34-16-21-19-13-9-7-11-17(19)18-12-8-10-14-20(18)21/h7-14,21-23H,5-6,15-16H2,1-4H3,(H,28,30)(H,29,33)(H,31,32)/t22-,23-/m0/s1. The minimum absolute atomic E-state index is 0.0921. The predicted molar refractivity (Wildman–Crippen MR) is 131 cm³/mol. The Morgan fingerprint density at radius 2 is 1.53 bits per heavy atom. The Labute approximate surface area is 200 Å². The molecule has 1 aliphatic carbocycles. The van der Waals surface area contributed by atoms with Crippen LogP contribution in [0, 0.1) is 5.41 Å². The fraction of sp³-hybridized carbons (Fsp3) is 0.444. The molecule has 2 amide bonds. The third-order valence-corrected chi connectivity index (χ3v) is 6.20. The number of fused-ring (bicyclic) bond motifs is 3. The van der Waals surface area contributed by atoms with Crippen LogP contribution in [0.2, 0.25) is 0 Å². The number of carboxylic acids is 1. The van der Waals surface area contributed by atoms with Gasteiger partial charge in [-0.25, -0.2) is 9.59 Å². The van der Waals surface area contributed by atoms with Gasteiger partial charge in [-0.15, -0.1) is 0 Å². The van der Waals surface area contributed by atoms with Crippen molar-refractivity contribution in [3.05, 3.63) is 59.7 Å². The number of benzene rings is 2. The maximum Gasteiger partial charge on any atom is 0.407 e. The Morgan fingerprint density at radius 1 is 0.971 bits per heavy atom. The zero-order valence-electron chi connectivity index (χ0n) is 20.3. The first kappa shape index (κ1) is 25.3. The number of hydrogen-bond acceptors (Lipinski definition) is 4. The molecule has 2 aromatic rings. The normalized spacial score (nSPS) is 14.5. The summed E-state index contributed by atoms with van der Waals surface area (Å²) in [5.74, 6) is -1.72. The van der Waals surface area contributed by atoms with Crippen LogP contribution in [-0.2, 0) is 14.3 Å². The van der Waals surface area contributed by atoms with Crippen molar-refractivity contribution in [1.82, 2.24) is 10.6 Å². The van der Waals surface area contributed by atoms with Crippen molar-refractivity contribution >= 4 is 18.0 Å². The lowest BCUT2D eigenvalue weighted by atomic mass is 9.86. The number of nitrogens with one attached hydrogen (secondary N) is 2. The van der Waals surface area contributed by atoms with E-state index in [-0.39, 0.29) is 12.5 Å². The molecule has 7 heteroatoms. The van der Waals surface area contributed by atoms with E-state index in [0.29, 0.717) is 12.8 Å². The Kier molecular flexibility index (Phi) is 7.97. The molecule has 3 N–H and O–H groups in total. The molecule has 0 saturated carbocycles. The number of amides is 2. The van der Waals surface area contributed by atoms with Crippen molar-refractivity contribution in [1.29, 1.82) is 0 Å². The number of carbonyl (C=O) groups is 3. The summed E-state index contributed by atoms with van der Waals surface area (Å²) in [5, 5.41) is 14.7. The second kappa shape index (κ2) is 10.7. The summed E-state index contributed by atoms with van der Waals surface area (Å²) in [6.45, 7) is 7.51. The fourth-order valence-electron chi connectivity index (χ4n) is 4.35. The van der Waals surface area contributed by atoms with Crippen LogP contribution in [-0.4, -0.2) is 41.8 Å². The fourth-order valence-corrected chi connectivity index (χ4v) is 4.35. The molecule has 0 heterocycles. The number of hydrogen-bond donors (Lipinski definition) is 3. The smallest absolute Gasteiger partial charge is 0.407 e. The second-order valence-electron chi connectivity index (χ2n) is 9.81. The van der Waals surface area contributed by atoms with E-state index in [0.717, 1.165) is 28.7 Å². The molecule has 0 radical (unpaired) electrons. The lowest BCUT2D eigenvalue weighted by Gasteiger charge is -2.31. The molecular weight excluding hydrogens is 432 g/mol. The molecule has 7 nitrogen and oxygen atoms in total. The molecule has 2 atom stereocenters. The van der Waals surface area contributed by atoms with Gasteiger partial charge >= 0.3 is 12.1 Å². The van der Waals surface area contributed by atoms with Crippen molar-refractivity contribution in [3.8, 4) is 11.1 Å². The van der Waals surface area contributed by atoms with Crippen LogP contribution in [0.15, 0.2) is 48.5 Å². The van der Waals surface area contributed by atoms with Gasteiger partial charge in [0.25, 0.3) is 0 Å². The van der Waals surface area contributed by atoms with Gasteiger partial charge < -0.3 is 20.5 Å². The highest BCUT2D eigenvalue weighted by Crippen LogP contribution is 2.44. The SMILES string of the molecule is CCCC[C@H](NC(=O)[C@H](NC(=O)OCC1c2ccccc2-c2ccccc21)C(C)(C)C)C(=O)O. The van der Waals surface area contributed by atoms with E-state index in [1.165, 1.54) is 0 Å². The van der Waals surface area contributed by atoms with Crippen molar-refractivity contribution in [3.63, 3.8) is 0 Å². The highest BCUT2D eigenvalue weighted by molar-refractivity contribution is 5.90. The van der Waals surface area contributed by atoms with E-state index in [4.69, 9.17) is 4.74 Å². The second-order valence-corrected chi connectivity index (χ2v) is 9.81. The third-order valence-electron chi connectivity index (χ3n) is 6.20. The van der Waals surface area contributed by atoms with Crippen LogP contribution in [0.1, 0.15) is 64.0 Å². The molecule has 34 heavy (non-hydrogen) atoms. The summed E-state index contributed by atoms with van der Waals surface area (Å²) in [5.41, 5.74) is 3.81. The Balaban J connectivity index is 1.68. The molecule has 182 valence electrons. The molecule has 0 bridgehead atoms. The van der Waals surface area contributed by atoms with Gasteiger partial charge in [-0.2, -0.15) is 0 Å². The van der Waals surface area contributed by atoms with Gasteiger partial charge in [-0.05, 0) is 34.1 Å². The van der Waals surface area contributed by atoms with Crippen LogP contribution in [0.25, 0.3) is 11.1 Å². The predicted octanol–water partition coefficient (Wildman–Crippen LogP) is 4.70. The summed E-state index contributed by atoms with van der Waals surface area (Å²) < 4.78 is 5.59. The number of aliphatic carboxylic acids is 1. The maximum absolute atomic E-state index is 12.9. The summed E-state index contributed by atoms with van der Waals surface area (Å²) in [4.78, 5) is 37.3. The van der Waals surface area contributed by atoms with Gasteiger partial charge in [0.2, 0.25) is 5.91 Å². The molecule has 2 aromatic carbocycles. The largest absolute Gasteiger partial charge is 0.480 e. The molecule has 1 aliphatic rings. The van der Waals surface area contributed by atoms with Crippen LogP contribution in [0.5, 0.6) is 0 Å². The molecule has 0 spiro atoms. The van der Waals surface area contributed by atoms with Crippen LogP contribution in [0.3, 0.4) is 0 Å². The van der Waals surface area contributed by atoms with Crippen molar-refractivity contribution in [2.75, 3.05) is 6.61 Å². The summed E-state index contributed by atoms with van der Waals surface area (Å²) in [6.07, 6.45) is 1.12. The van der Waals surface area contributed by atoms with Crippen molar-refractivity contribution in [2.24, 2.45) is 5.41 Å². The lowest BCUT2D eigenvalue weighted by Crippen LogP contribution is -2.56. The average Bonchev–Trinajstić information content (AvgIpc) is 3.11. The third kappa shape index (κ3) is 5.76. The van der Waals surface area contributed by atoms with E-state index >= 15 is 0 Å². The van der Waals surface area contributed by atoms with E-state index < -0.39 is 35.5 Å². The molecule has 0 saturated heterocycles. The number of rotatable bonds is 9. The average molecular weight is 467 g/mol. The van der Waals surface area contributed by atoms with E-state index in [9.17, 15) is 19.5 Å². The van der Waals surface area contributed by atoms with Gasteiger partial charge in [-0.1, -0.05) is 89.1 Å². The highest BCUT2D eigenvalue weighted by Gasteiger charge is 2.36. The maximum atomic E-state index is 12.9. The van der Waals surface area contributed by atoms with Crippen molar-refractivity contribution < 1.29 is 24.2 Å². The number of carbonyl (C=O) groups excluding carboxylic acids is 2. The number of carboxylic acid groups (broad SMARTS) is 1. The van der Waals surface area contributed by atoms with Crippen LogP contribution >= 0.6 is 0 Å². The lowest BCUT2D eigenvalue weighted by molar-refractivity contribution is -0.142. The molecule has 0 aromatic heterocycles. The monoisotopic (exact) mass is 466 g/mol. The summed E-state index contributed by atoms with van der Waals surface area (Å²) >= 11 is 0. The molecule has 0 aliphatic heterocycles.